The van der Waals surface area contributed by atoms with E-state index in [1.54, 1.807) is 36.0 Å². The summed E-state index contributed by atoms with van der Waals surface area (Å²) >= 11 is 3.29. The van der Waals surface area contributed by atoms with E-state index in [4.69, 9.17) is 4.74 Å². The summed E-state index contributed by atoms with van der Waals surface area (Å²) < 4.78 is 7.47. The molecule has 0 fully saturated rings. The van der Waals surface area contributed by atoms with E-state index in [1.807, 2.05) is 6.92 Å². The van der Waals surface area contributed by atoms with Crippen molar-refractivity contribution >= 4 is 39.1 Å². The number of aryl methyl sites for hydroxylation is 1. The average molecular weight is 391 g/mol. The summed E-state index contributed by atoms with van der Waals surface area (Å²) in [6.45, 7) is 2.28. The molecule has 0 radical (unpaired) electrons. The fourth-order valence-electron chi connectivity index (χ4n) is 2.26. The average Bonchev–Trinajstić information content (AvgIpc) is 2.92. The van der Waals surface area contributed by atoms with Gasteiger partial charge in [-0.3, -0.25) is 9.48 Å². The van der Waals surface area contributed by atoms with Crippen LogP contribution in [0.2, 0.25) is 0 Å². The standard InChI is InChI=1S/C16H15BrN4O3/c1-3-24-12-7-9(6-11(17)14(12)22)4-5-13-19-15-10(16(23)20-13)8-18-21(15)2/h4-8,22H,3H2,1-2H3,(H,19,20,23)/b5-4+. The summed E-state index contributed by atoms with van der Waals surface area (Å²) in [6.07, 6.45) is 4.94. The van der Waals surface area contributed by atoms with Gasteiger partial charge in [-0.1, -0.05) is 6.08 Å². The third-order valence-corrected chi connectivity index (χ3v) is 4.01. The number of H-pyrrole nitrogens is 1. The molecule has 0 unspecified atom stereocenters. The fraction of sp³-hybridized carbons (Fsp3) is 0.188. The Labute approximate surface area is 145 Å². The van der Waals surface area contributed by atoms with Crippen molar-refractivity contribution in [1.29, 1.82) is 0 Å². The Morgan fingerprint density at radius 1 is 1.42 bits per heavy atom. The van der Waals surface area contributed by atoms with E-state index < -0.39 is 0 Å². The van der Waals surface area contributed by atoms with Crippen LogP contribution < -0.4 is 10.3 Å². The molecule has 0 aliphatic rings. The lowest BCUT2D eigenvalue weighted by atomic mass is 10.2. The number of fused-ring (bicyclic) bond motifs is 1. The van der Waals surface area contributed by atoms with Gasteiger partial charge in [0.15, 0.2) is 17.1 Å². The van der Waals surface area contributed by atoms with Crippen LogP contribution in [0, 0.1) is 0 Å². The first-order valence-electron chi connectivity index (χ1n) is 7.25. The van der Waals surface area contributed by atoms with Crippen LogP contribution in [-0.4, -0.2) is 31.5 Å². The topological polar surface area (TPSA) is 93.0 Å². The van der Waals surface area contributed by atoms with E-state index in [-0.39, 0.29) is 11.3 Å². The minimum absolute atomic E-state index is 0.0526. The minimum atomic E-state index is -0.241. The molecular weight excluding hydrogens is 376 g/mol. The van der Waals surface area contributed by atoms with E-state index in [9.17, 15) is 9.90 Å². The van der Waals surface area contributed by atoms with Crippen molar-refractivity contribution in [3.05, 3.63) is 44.5 Å². The number of phenols is 1. The maximum Gasteiger partial charge on any atom is 0.262 e. The summed E-state index contributed by atoms with van der Waals surface area (Å²) in [7, 11) is 1.73. The van der Waals surface area contributed by atoms with Crippen molar-refractivity contribution < 1.29 is 9.84 Å². The Bertz CT molecular complexity index is 991. The molecule has 124 valence electrons. The highest BCUT2D eigenvalue weighted by Crippen LogP contribution is 2.35. The Morgan fingerprint density at radius 2 is 2.21 bits per heavy atom. The molecule has 0 aliphatic carbocycles. The second-order valence-corrected chi connectivity index (χ2v) is 5.93. The smallest absolute Gasteiger partial charge is 0.262 e. The molecule has 3 rings (SSSR count). The van der Waals surface area contributed by atoms with E-state index in [0.29, 0.717) is 33.7 Å². The van der Waals surface area contributed by atoms with Gasteiger partial charge in [-0.15, -0.1) is 0 Å². The molecule has 0 saturated carbocycles. The van der Waals surface area contributed by atoms with E-state index in [1.165, 1.54) is 6.20 Å². The highest BCUT2D eigenvalue weighted by Gasteiger charge is 2.09. The van der Waals surface area contributed by atoms with Crippen LogP contribution in [0.1, 0.15) is 18.3 Å². The van der Waals surface area contributed by atoms with Crippen molar-refractivity contribution in [3.63, 3.8) is 0 Å². The van der Waals surface area contributed by atoms with Gasteiger partial charge >= 0.3 is 0 Å². The van der Waals surface area contributed by atoms with E-state index in [2.05, 4.69) is 31.0 Å². The number of ether oxygens (including phenoxy) is 1. The van der Waals surface area contributed by atoms with Gasteiger partial charge in [0.1, 0.15) is 11.2 Å². The molecular formula is C16H15BrN4O3. The predicted molar refractivity (Wildman–Crippen MR) is 95.0 cm³/mol. The van der Waals surface area contributed by atoms with Crippen molar-refractivity contribution in [2.75, 3.05) is 6.61 Å². The van der Waals surface area contributed by atoms with E-state index >= 15 is 0 Å². The molecule has 0 atom stereocenters. The lowest BCUT2D eigenvalue weighted by Crippen LogP contribution is -2.09. The third kappa shape index (κ3) is 3.05. The lowest BCUT2D eigenvalue weighted by molar-refractivity contribution is 0.317. The van der Waals surface area contributed by atoms with Crippen molar-refractivity contribution in [1.82, 2.24) is 19.7 Å². The minimum Gasteiger partial charge on any atom is -0.503 e. The zero-order valence-corrected chi connectivity index (χ0v) is 14.7. The summed E-state index contributed by atoms with van der Waals surface area (Å²) in [5.41, 5.74) is 1.06. The Hall–Kier alpha value is -2.61. The highest BCUT2D eigenvalue weighted by molar-refractivity contribution is 9.10. The lowest BCUT2D eigenvalue weighted by Gasteiger charge is -2.08. The Balaban J connectivity index is 1.99. The molecule has 0 saturated heterocycles. The van der Waals surface area contributed by atoms with E-state index in [0.717, 1.165) is 5.56 Å². The summed E-state index contributed by atoms with van der Waals surface area (Å²) in [6, 6.07) is 3.45. The van der Waals surface area contributed by atoms with Crippen LogP contribution in [0.25, 0.3) is 23.2 Å². The van der Waals surface area contributed by atoms with Crippen LogP contribution in [0.15, 0.2) is 27.6 Å². The van der Waals surface area contributed by atoms with Crippen LogP contribution in [0.3, 0.4) is 0 Å². The Kier molecular flexibility index (Phi) is 4.39. The monoisotopic (exact) mass is 390 g/mol. The number of hydrogen-bond donors (Lipinski definition) is 2. The molecule has 0 amide bonds. The highest BCUT2D eigenvalue weighted by atomic mass is 79.9. The quantitative estimate of drug-likeness (QED) is 0.714. The third-order valence-electron chi connectivity index (χ3n) is 3.40. The van der Waals surface area contributed by atoms with Gasteiger partial charge in [0.05, 0.1) is 17.3 Å². The van der Waals surface area contributed by atoms with Crippen molar-refractivity contribution in [3.8, 4) is 11.5 Å². The molecule has 1 aromatic carbocycles. The molecule has 7 nitrogen and oxygen atoms in total. The molecule has 8 heteroatoms. The number of hydrogen-bond acceptors (Lipinski definition) is 5. The predicted octanol–water partition coefficient (Wildman–Crippen LogP) is 2.69. The number of nitrogens with one attached hydrogen (secondary N) is 1. The molecule has 2 heterocycles. The van der Waals surface area contributed by atoms with Crippen LogP contribution in [0.5, 0.6) is 11.5 Å². The number of aromatic amines is 1. The fourth-order valence-corrected chi connectivity index (χ4v) is 2.72. The molecule has 24 heavy (non-hydrogen) atoms. The molecule has 2 aromatic heterocycles. The van der Waals surface area contributed by atoms with Gasteiger partial charge in [-0.05, 0) is 46.6 Å². The first-order chi connectivity index (χ1) is 11.5. The zero-order chi connectivity index (χ0) is 17.3. The second-order valence-electron chi connectivity index (χ2n) is 5.07. The molecule has 3 aromatic rings. The second kappa shape index (κ2) is 6.48. The number of phenolic OH excluding ortho intramolecular Hbond substituents is 1. The van der Waals surface area contributed by atoms with Gasteiger partial charge in [-0.25, -0.2) is 4.98 Å². The number of aromatic hydroxyl groups is 1. The van der Waals surface area contributed by atoms with Gasteiger partial charge in [-0.2, -0.15) is 5.10 Å². The van der Waals surface area contributed by atoms with Crippen LogP contribution in [-0.2, 0) is 7.05 Å². The number of halogens is 1. The first-order valence-corrected chi connectivity index (χ1v) is 8.04. The molecule has 0 bridgehead atoms. The maximum atomic E-state index is 12.0. The SMILES string of the molecule is CCOc1cc(/C=C/c2nc3c(cnn3C)c(=O)[nH]2)cc(Br)c1O. The van der Waals surface area contributed by atoms with Gasteiger partial charge in [0.25, 0.3) is 5.56 Å². The number of rotatable bonds is 4. The van der Waals surface area contributed by atoms with Gasteiger partial charge in [0, 0.05) is 7.05 Å². The summed E-state index contributed by atoms with van der Waals surface area (Å²) in [5, 5.41) is 14.4. The van der Waals surface area contributed by atoms with Crippen LogP contribution in [0.4, 0.5) is 0 Å². The van der Waals surface area contributed by atoms with Gasteiger partial charge in [0.2, 0.25) is 0 Å². The summed E-state index contributed by atoms with van der Waals surface area (Å²) in [5.74, 6) is 0.852. The maximum absolute atomic E-state index is 12.0. The normalized spacial score (nSPS) is 11.5. The number of nitrogens with zero attached hydrogens (tertiary/aromatic N) is 3. The van der Waals surface area contributed by atoms with Crippen molar-refractivity contribution in [2.24, 2.45) is 7.05 Å². The van der Waals surface area contributed by atoms with Crippen molar-refractivity contribution in [2.45, 2.75) is 6.92 Å². The molecule has 0 spiro atoms. The first kappa shape index (κ1) is 16.3. The number of aromatic nitrogens is 4. The number of benzene rings is 1. The molecule has 0 aliphatic heterocycles. The summed E-state index contributed by atoms with van der Waals surface area (Å²) in [4.78, 5) is 19.1. The Morgan fingerprint density at radius 3 is 2.96 bits per heavy atom. The molecule has 2 N–H and O–H groups in total. The van der Waals surface area contributed by atoms with Crippen LogP contribution >= 0.6 is 15.9 Å². The largest absolute Gasteiger partial charge is 0.503 e. The zero-order valence-electron chi connectivity index (χ0n) is 13.1. The van der Waals surface area contributed by atoms with Gasteiger partial charge < -0.3 is 14.8 Å².